The van der Waals surface area contributed by atoms with Gasteiger partial charge in [-0.2, -0.15) is 0 Å². The molecule has 1 N–H and O–H groups in total. The lowest BCUT2D eigenvalue weighted by atomic mass is 10.5. The molecule has 0 saturated carbocycles. The zero-order chi connectivity index (χ0) is 7.56. The van der Waals surface area contributed by atoms with Crippen LogP contribution in [0.2, 0.25) is 0 Å². The minimum Gasteiger partial charge on any atom is -0.442 e. The summed E-state index contributed by atoms with van der Waals surface area (Å²) in [6, 6.07) is 0. The van der Waals surface area contributed by atoms with E-state index in [1.807, 2.05) is 13.6 Å². The van der Waals surface area contributed by atoms with Gasteiger partial charge in [-0.1, -0.05) is 0 Å². The van der Waals surface area contributed by atoms with Gasteiger partial charge in [-0.15, -0.1) is 0 Å². The Bertz CT molecular complexity index is 136. The van der Waals surface area contributed by atoms with Gasteiger partial charge in [0, 0.05) is 0 Å². The van der Waals surface area contributed by atoms with E-state index in [0.29, 0.717) is 6.54 Å². The van der Waals surface area contributed by atoms with Crippen LogP contribution in [0.15, 0.2) is 0 Å². The molecule has 1 aliphatic heterocycles. The minimum absolute atomic E-state index is 0.249. The van der Waals surface area contributed by atoms with E-state index in [9.17, 15) is 4.79 Å². The molecule has 0 aromatic carbocycles. The molecule has 1 aliphatic rings. The maximum Gasteiger partial charge on any atom is 0.250 e. The fourth-order valence-corrected chi connectivity index (χ4v) is 1.12. The number of hydrogen-bond acceptors (Lipinski definition) is 1. The van der Waals surface area contributed by atoms with Crippen molar-refractivity contribution in [1.29, 1.82) is 0 Å². The molecule has 0 bridgehead atoms. The number of nitrogens with one attached hydrogen (secondary N) is 1. The second-order valence-electron chi connectivity index (χ2n) is 2.50. The minimum atomic E-state index is 0.249. The van der Waals surface area contributed by atoms with Crippen LogP contribution in [0.1, 0.15) is 13.8 Å². The van der Waals surface area contributed by atoms with Gasteiger partial charge < -0.3 is 9.80 Å². The third kappa shape index (κ3) is 1.29. The topological polar surface area (TPSA) is 24.8 Å². The smallest absolute Gasteiger partial charge is 0.250 e. The van der Waals surface area contributed by atoms with Gasteiger partial charge in [0.1, 0.15) is 6.54 Å². The van der Waals surface area contributed by atoms with Crippen molar-refractivity contribution in [3.05, 3.63) is 6.67 Å². The maximum absolute atomic E-state index is 11.0. The molecule has 0 radical (unpaired) electrons. The van der Waals surface area contributed by atoms with Crippen LogP contribution < -0.4 is 4.90 Å². The van der Waals surface area contributed by atoms with E-state index < -0.39 is 0 Å². The van der Waals surface area contributed by atoms with E-state index in [1.54, 1.807) is 4.90 Å². The Hall–Kier alpha value is -0.570. The van der Waals surface area contributed by atoms with Crippen LogP contribution in [0.5, 0.6) is 0 Å². The number of hydrogen-bond donors (Lipinski definition) is 1. The Balaban J connectivity index is 2.44. The zero-order valence-corrected chi connectivity index (χ0v) is 6.55. The Morgan fingerprint density at radius 3 is 2.70 bits per heavy atom. The standard InChI is InChI=1S/C7H14N2O/c1-3-8-5-7(10)9(4-2)6-8/h6,8H,3-5H2,1-2H3. The molecular formula is C7H14N2O. The quantitative estimate of drug-likeness (QED) is 0.485. The highest BCUT2D eigenvalue weighted by Crippen LogP contribution is 1.92. The summed E-state index contributed by atoms with van der Waals surface area (Å²) in [5.74, 6) is 0.249. The summed E-state index contributed by atoms with van der Waals surface area (Å²) in [4.78, 5) is 14.1. The van der Waals surface area contributed by atoms with Gasteiger partial charge in [0.05, 0.1) is 6.54 Å². The zero-order valence-electron chi connectivity index (χ0n) is 6.55. The van der Waals surface area contributed by atoms with Crippen LogP contribution in [-0.4, -0.2) is 30.4 Å². The first-order valence-corrected chi connectivity index (χ1v) is 3.77. The van der Waals surface area contributed by atoms with Crippen LogP contribution in [0, 0.1) is 6.67 Å². The summed E-state index contributed by atoms with van der Waals surface area (Å²) in [7, 11) is 0. The first kappa shape index (κ1) is 7.54. The molecular weight excluding hydrogens is 128 g/mol. The van der Waals surface area contributed by atoms with Crippen molar-refractivity contribution in [3.63, 3.8) is 0 Å². The van der Waals surface area contributed by atoms with Crippen LogP contribution in [0.4, 0.5) is 0 Å². The molecule has 58 valence electrons. The van der Waals surface area contributed by atoms with Gasteiger partial charge in [0.15, 0.2) is 0 Å². The van der Waals surface area contributed by atoms with E-state index in [-0.39, 0.29) is 5.91 Å². The number of nitrogens with zero attached hydrogens (tertiary/aromatic N) is 1. The summed E-state index contributed by atoms with van der Waals surface area (Å²) in [6.07, 6.45) is 0. The number of carbonyl (C=O) groups excluding carboxylic acids is 1. The SMILES string of the molecule is CCN1[CH-][NH+](CC)CC1=O. The highest BCUT2D eigenvalue weighted by Gasteiger charge is 2.19. The fraction of sp³-hybridized carbons (Fsp3) is 0.714. The molecule has 1 fully saturated rings. The van der Waals surface area contributed by atoms with Gasteiger partial charge in [-0.05, 0) is 27.1 Å². The van der Waals surface area contributed by atoms with Crippen molar-refractivity contribution in [2.24, 2.45) is 0 Å². The second-order valence-corrected chi connectivity index (χ2v) is 2.50. The molecule has 1 saturated heterocycles. The van der Waals surface area contributed by atoms with Crippen molar-refractivity contribution < 1.29 is 9.69 Å². The molecule has 10 heavy (non-hydrogen) atoms. The summed E-state index contributed by atoms with van der Waals surface area (Å²) < 4.78 is 0. The van der Waals surface area contributed by atoms with E-state index in [0.717, 1.165) is 13.1 Å². The largest absolute Gasteiger partial charge is 0.442 e. The lowest BCUT2D eigenvalue weighted by molar-refractivity contribution is -0.856. The second kappa shape index (κ2) is 3.01. The first-order chi connectivity index (χ1) is 4.77. The lowest BCUT2D eigenvalue weighted by Crippen LogP contribution is -3.07. The first-order valence-electron chi connectivity index (χ1n) is 3.77. The molecule has 3 heteroatoms. The highest BCUT2D eigenvalue weighted by molar-refractivity contribution is 5.78. The van der Waals surface area contributed by atoms with Gasteiger partial charge in [0.25, 0.3) is 5.91 Å². The van der Waals surface area contributed by atoms with Crippen molar-refractivity contribution >= 4 is 5.91 Å². The molecule has 0 aromatic heterocycles. The molecule has 1 amide bonds. The third-order valence-corrected chi connectivity index (χ3v) is 1.83. The number of amides is 1. The van der Waals surface area contributed by atoms with Crippen molar-refractivity contribution in [3.8, 4) is 0 Å². The van der Waals surface area contributed by atoms with Crippen LogP contribution in [-0.2, 0) is 4.79 Å². The summed E-state index contributed by atoms with van der Waals surface area (Å²) in [5, 5.41) is 0. The number of carbonyl (C=O) groups is 1. The Morgan fingerprint density at radius 1 is 1.70 bits per heavy atom. The molecule has 0 spiro atoms. The summed E-state index contributed by atoms with van der Waals surface area (Å²) in [6.45, 7) is 8.50. The van der Waals surface area contributed by atoms with Gasteiger partial charge >= 0.3 is 0 Å². The van der Waals surface area contributed by atoms with Crippen LogP contribution in [0.25, 0.3) is 0 Å². The van der Waals surface area contributed by atoms with Crippen LogP contribution >= 0.6 is 0 Å². The van der Waals surface area contributed by atoms with Crippen LogP contribution in [0.3, 0.4) is 0 Å². The average Bonchev–Trinajstić information content (AvgIpc) is 2.30. The molecule has 1 unspecified atom stereocenters. The van der Waals surface area contributed by atoms with Crippen molar-refractivity contribution in [1.82, 2.24) is 4.90 Å². The Labute approximate surface area is 61.6 Å². The molecule has 0 aliphatic carbocycles. The lowest BCUT2D eigenvalue weighted by Gasteiger charge is -2.22. The van der Waals surface area contributed by atoms with Gasteiger partial charge in [-0.25, -0.2) is 0 Å². The van der Waals surface area contributed by atoms with E-state index in [1.165, 1.54) is 4.90 Å². The highest BCUT2D eigenvalue weighted by atomic mass is 16.2. The molecule has 1 heterocycles. The fourth-order valence-electron chi connectivity index (χ4n) is 1.12. The molecule has 1 atom stereocenters. The predicted molar refractivity (Wildman–Crippen MR) is 38.1 cm³/mol. The molecule has 0 aromatic rings. The number of rotatable bonds is 2. The van der Waals surface area contributed by atoms with E-state index in [2.05, 4.69) is 6.92 Å². The summed E-state index contributed by atoms with van der Waals surface area (Å²) >= 11 is 0. The number of quaternary nitrogens is 1. The van der Waals surface area contributed by atoms with Gasteiger partial charge in [0.2, 0.25) is 0 Å². The van der Waals surface area contributed by atoms with Gasteiger partial charge in [-0.3, -0.25) is 4.79 Å². The van der Waals surface area contributed by atoms with E-state index in [4.69, 9.17) is 0 Å². The Kier molecular flexibility index (Phi) is 2.27. The normalized spacial score (nSPS) is 26.0. The maximum atomic E-state index is 11.0. The Morgan fingerprint density at radius 2 is 2.40 bits per heavy atom. The third-order valence-electron chi connectivity index (χ3n) is 1.83. The predicted octanol–water partition coefficient (Wildman–Crippen LogP) is -1.13. The monoisotopic (exact) mass is 142 g/mol. The van der Waals surface area contributed by atoms with Crippen molar-refractivity contribution in [2.75, 3.05) is 19.6 Å². The van der Waals surface area contributed by atoms with E-state index >= 15 is 0 Å². The number of likely N-dealkylation sites (N-methyl/N-ethyl adjacent to an activating group) is 2. The molecule has 1 rings (SSSR count). The molecule has 3 nitrogen and oxygen atoms in total. The summed E-state index contributed by atoms with van der Waals surface area (Å²) in [5.41, 5.74) is 0. The van der Waals surface area contributed by atoms with Crippen molar-refractivity contribution in [2.45, 2.75) is 13.8 Å². The average molecular weight is 142 g/mol.